The van der Waals surface area contributed by atoms with Gasteiger partial charge in [0.2, 0.25) is 0 Å². The van der Waals surface area contributed by atoms with Crippen molar-refractivity contribution in [3.63, 3.8) is 0 Å². The van der Waals surface area contributed by atoms with Crippen molar-refractivity contribution in [2.75, 3.05) is 6.61 Å². The molecule has 0 atom stereocenters. The fraction of sp³-hybridized carbons (Fsp3) is 0.250. The molecule has 1 aliphatic carbocycles. The molecule has 1 aromatic carbocycles. The molecule has 0 heterocycles. The maximum Gasteiger partial charge on any atom is 0.163 e. The summed E-state index contributed by atoms with van der Waals surface area (Å²) in [6.45, 7) is -0.141. The van der Waals surface area contributed by atoms with Gasteiger partial charge in [-0.2, -0.15) is 0 Å². The van der Waals surface area contributed by atoms with Gasteiger partial charge in [-0.1, -0.05) is 24.0 Å². The van der Waals surface area contributed by atoms with Gasteiger partial charge in [0.05, 0.1) is 0 Å². The zero-order chi connectivity index (χ0) is 9.97. The van der Waals surface area contributed by atoms with Crippen LogP contribution >= 0.6 is 0 Å². The third kappa shape index (κ3) is 1.43. The average molecular weight is 186 g/mol. The van der Waals surface area contributed by atoms with Crippen molar-refractivity contribution in [2.24, 2.45) is 0 Å². The number of benzene rings is 1. The highest BCUT2D eigenvalue weighted by Crippen LogP contribution is 2.24. The van der Waals surface area contributed by atoms with Crippen LogP contribution in [-0.4, -0.2) is 17.5 Å². The Kier molecular flexibility index (Phi) is 2.34. The Morgan fingerprint density at radius 1 is 1.36 bits per heavy atom. The lowest BCUT2D eigenvalue weighted by Crippen LogP contribution is -1.92. The van der Waals surface area contributed by atoms with Crippen LogP contribution in [0.25, 0.3) is 0 Å². The molecule has 0 radical (unpaired) electrons. The smallest absolute Gasteiger partial charge is 0.163 e. The molecule has 0 fully saturated rings. The van der Waals surface area contributed by atoms with Crippen molar-refractivity contribution in [3.05, 3.63) is 34.9 Å². The molecule has 0 bridgehead atoms. The highest BCUT2D eigenvalue weighted by atomic mass is 16.2. The molecule has 0 unspecified atom stereocenters. The normalized spacial score (nSPS) is 13.4. The lowest BCUT2D eigenvalue weighted by Gasteiger charge is -1.99. The number of aliphatic hydroxyl groups is 1. The molecule has 70 valence electrons. The van der Waals surface area contributed by atoms with Gasteiger partial charge in [0.25, 0.3) is 0 Å². The Hall–Kier alpha value is -1.59. The van der Waals surface area contributed by atoms with Crippen LogP contribution in [0.4, 0.5) is 0 Å². The first-order valence-corrected chi connectivity index (χ1v) is 4.58. The van der Waals surface area contributed by atoms with Crippen molar-refractivity contribution >= 4 is 5.78 Å². The van der Waals surface area contributed by atoms with E-state index in [1.54, 1.807) is 0 Å². The maximum atomic E-state index is 11.4. The average Bonchev–Trinajstić information content (AvgIpc) is 2.58. The summed E-state index contributed by atoms with van der Waals surface area (Å²) in [4.78, 5) is 11.4. The first-order chi connectivity index (χ1) is 6.83. The van der Waals surface area contributed by atoms with Gasteiger partial charge in [0.1, 0.15) is 6.61 Å². The molecule has 0 amide bonds. The molecule has 1 N–H and O–H groups in total. The minimum Gasteiger partial charge on any atom is -0.384 e. The van der Waals surface area contributed by atoms with Crippen molar-refractivity contribution < 1.29 is 9.90 Å². The van der Waals surface area contributed by atoms with Crippen LogP contribution in [0.15, 0.2) is 18.2 Å². The standard InChI is InChI=1S/C12H10O2/c13-8-2-4-9-3-1-5-11-10(9)6-7-12(11)14/h1,3,5,13H,6-8H2. The molecule has 0 aromatic heterocycles. The third-order valence-corrected chi connectivity index (χ3v) is 2.38. The number of carbonyl (C=O) groups excluding carboxylic acids is 1. The fourth-order valence-corrected chi connectivity index (χ4v) is 1.74. The largest absolute Gasteiger partial charge is 0.384 e. The lowest BCUT2D eigenvalue weighted by molar-refractivity contribution is 0.0994. The van der Waals surface area contributed by atoms with E-state index < -0.39 is 0 Å². The summed E-state index contributed by atoms with van der Waals surface area (Å²) < 4.78 is 0. The van der Waals surface area contributed by atoms with Crippen molar-refractivity contribution in [3.8, 4) is 11.8 Å². The number of hydrogen-bond donors (Lipinski definition) is 1. The van der Waals surface area contributed by atoms with E-state index in [0.717, 1.165) is 23.1 Å². The van der Waals surface area contributed by atoms with Crippen molar-refractivity contribution in [1.29, 1.82) is 0 Å². The quantitative estimate of drug-likeness (QED) is 0.617. The van der Waals surface area contributed by atoms with E-state index in [2.05, 4.69) is 11.8 Å². The minimum absolute atomic E-state index is 0.141. The van der Waals surface area contributed by atoms with E-state index in [1.165, 1.54) is 0 Å². The number of ketones is 1. The first-order valence-electron chi connectivity index (χ1n) is 4.58. The number of hydrogen-bond acceptors (Lipinski definition) is 2. The predicted molar refractivity (Wildman–Crippen MR) is 53.1 cm³/mol. The molecule has 0 saturated heterocycles. The maximum absolute atomic E-state index is 11.4. The van der Waals surface area contributed by atoms with E-state index in [-0.39, 0.29) is 12.4 Å². The second kappa shape index (κ2) is 3.65. The minimum atomic E-state index is -0.141. The van der Waals surface area contributed by atoms with Gasteiger partial charge in [-0.3, -0.25) is 4.79 Å². The molecule has 0 saturated carbocycles. The van der Waals surface area contributed by atoms with Crippen molar-refractivity contribution in [1.82, 2.24) is 0 Å². The molecule has 1 aromatic rings. The second-order valence-electron chi connectivity index (χ2n) is 3.21. The summed E-state index contributed by atoms with van der Waals surface area (Å²) in [7, 11) is 0. The summed E-state index contributed by atoms with van der Waals surface area (Å²) in [6.07, 6.45) is 1.37. The van der Waals surface area contributed by atoms with Gasteiger partial charge in [0, 0.05) is 17.5 Å². The molecular formula is C12H10O2. The second-order valence-corrected chi connectivity index (χ2v) is 3.21. The van der Waals surface area contributed by atoms with Crippen LogP contribution < -0.4 is 0 Å². The molecule has 2 nitrogen and oxygen atoms in total. The van der Waals surface area contributed by atoms with Crippen LogP contribution in [0.1, 0.15) is 27.9 Å². The van der Waals surface area contributed by atoms with Crippen LogP contribution in [0.3, 0.4) is 0 Å². The number of carbonyl (C=O) groups is 1. The van der Waals surface area contributed by atoms with Crippen molar-refractivity contribution in [2.45, 2.75) is 12.8 Å². The topological polar surface area (TPSA) is 37.3 Å². The van der Waals surface area contributed by atoms with Gasteiger partial charge in [0.15, 0.2) is 5.78 Å². The Morgan fingerprint density at radius 2 is 2.21 bits per heavy atom. The van der Waals surface area contributed by atoms with Gasteiger partial charge < -0.3 is 5.11 Å². The van der Waals surface area contributed by atoms with E-state index in [9.17, 15) is 4.79 Å². The van der Waals surface area contributed by atoms with Crippen LogP contribution in [0, 0.1) is 11.8 Å². The fourth-order valence-electron chi connectivity index (χ4n) is 1.74. The SMILES string of the molecule is O=C1CCc2c(C#CCO)cccc21. The number of rotatable bonds is 0. The zero-order valence-electron chi connectivity index (χ0n) is 7.71. The van der Waals surface area contributed by atoms with Gasteiger partial charge in [-0.15, -0.1) is 0 Å². The summed E-state index contributed by atoms with van der Waals surface area (Å²) in [6, 6.07) is 5.57. The molecule has 2 rings (SSSR count). The number of Topliss-reactive ketones (excluding diaryl/α,β-unsaturated/α-hetero) is 1. The van der Waals surface area contributed by atoms with Crippen LogP contribution in [-0.2, 0) is 6.42 Å². The molecule has 2 heteroatoms. The van der Waals surface area contributed by atoms with Gasteiger partial charge >= 0.3 is 0 Å². The summed E-state index contributed by atoms with van der Waals surface area (Å²) in [5, 5.41) is 8.59. The highest BCUT2D eigenvalue weighted by molar-refractivity contribution is 6.01. The molecule has 0 spiro atoms. The Bertz CT molecular complexity index is 435. The number of aliphatic hydroxyl groups excluding tert-OH is 1. The highest BCUT2D eigenvalue weighted by Gasteiger charge is 2.20. The third-order valence-electron chi connectivity index (χ3n) is 2.38. The van der Waals surface area contributed by atoms with Crippen LogP contribution in [0.2, 0.25) is 0 Å². The lowest BCUT2D eigenvalue weighted by atomic mass is 10.0. The zero-order valence-corrected chi connectivity index (χ0v) is 7.71. The predicted octanol–water partition coefficient (Wildman–Crippen LogP) is 1.16. The van der Waals surface area contributed by atoms with E-state index in [1.807, 2.05) is 18.2 Å². The van der Waals surface area contributed by atoms with E-state index in [4.69, 9.17) is 5.11 Å². The van der Waals surface area contributed by atoms with Gasteiger partial charge in [-0.05, 0) is 18.1 Å². The molecule has 14 heavy (non-hydrogen) atoms. The van der Waals surface area contributed by atoms with E-state index >= 15 is 0 Å². The van der Waals surface area contributed by atoms with Crippen LogP contribution in [0.5, 0.6) is 0 Å². The molecule has 1 aliphatic rings. The summed E-state index contributed by atoms with van der Waals surface area (Å²) >= 11 is 0. The first kappa shape index (κ1) is 8.98. The number of fused-ring (bicyclic) bond motifs is 1. The Balaban J connectivity index is 2.49. The molecular weight excluding hydrogens is 176 g/mol. The van der Waals surface area contributed by atoms with Gasteiger partial charge in [-0.25, -0.2) is 0 Å². The monoisotopic (exact) mass is 186 g/mol. The Morgan fingerprint density at radius 3 is 3.00 bits per heavy atom. The Labute approximate surface area is 82.6 Å². The summed E-state index contributed by atoms with van der Waals surface area (Å²) in [5.74, 6) is 5.67. The summed E-state index contributed by atoms with van der Waals surface area (Å²) in [5.41, 5.74) is 2.72. The molecule has 0 aliphatic heterocycles. The van der Waals surface area contributed by atoms with E-state index in [0.29, 0.717) is 6.42 Å².